The van der Waals surface area contributed by atoms with Crippen LogP contribution in [-0.4, -0.2) is 19.1 Å². The van der Waals surface area contributed by atoms with Gasteiger partial charge in [-0.25, -0.2) is 9.78 Å². The lowest BCUT2D eigenvalue weighted by Crippen LogP contribution is -2.31. The molecule has 0 unspecified atom stereocenters. The average Bonchev–Trinajstić information content (AvgIpc) is 2.91. The second kappa shape index (κ2) is 7.14. The van der Waals surface area contributed by atoms with E-state index in [9.17, 15) is 14.8 Å². The van der Waals surface area contributed by atoms with E-state index in [1.54, 1.807) is 29.8 Å². The molecule has 0 saturated carbocycles. The zero-order valence-electron chi connectivity index (χ0n) is 14.1. The minimum atomic E-state index is -0.447. The number of hydrogen-bond acceptors (Lipinski definition) is 5. The summed E-state index contributed by atoms with van der Waals surface area (Å²) in [5, 5.41) is 12.3. The highest BCUT2D eigenvalue weighted by Crippen LogP contribution is 2.20. The van der Waals surface area contributed by atoms with E-state index in [0.717, 1.165) is 17.6 Å². The van der Waals surface area contributed by atoms with Gasteiger partial charge in [-0.1, -0.05) is 13.3 Å². The molecule has 8 nitrogen and oxygen atoms in total. The Balaban J connectivity index is 2.01. The minimum absolute atomic E-state index is 0.370. The van der Waals surface area contributed by atoms with Crippen molar-refractivity contribution in [3.63, 3.8) is 0 Å². The SMILES string of the molecule is CCCCn1c(=O)[nH]c(=O)c2c1nc(CSc1cccc[n+]1[O-])n2C. The van der Waals surface area contributed by atoms with Gasteiger partial charge in [0.05, 0.1) is 5.75 Å². The molecule has 0 spiro atoms. The summed E-state index contributed by atoms with van der Waals surface area (Å²) in [5.41, 5.74) is -0.126. The first-order valence-electron chi connectivity index (χ1n) is 8.02. The predicted octanol–water partition coefficient (Wildman–Crippen LogP) is 1.15. The Bertz CT molecular complexity index is 1020. The molecule has 0 aliphatic heterocycles. The molecule has 0 aliphatic rings. The Labute approximate surface area is 147 Å². The third-order valence-electron chi connectivity index (χ3n) is 3.98. The van der Waals surface area contributed by atoms with Gasteiger partial charge in [-0.3, -0.25) is 14.3 Å². The number of aromatic nitrogens is 5. The molecule has 0 aromatic carbocycles. The van der Waals surface area contributed by atoms with Crippen LogP contribution in [0.25, 0.3) is 11.2 Å². The second-order valence-corrected chi connectivity index (χ2v) is 6.67. The molecule has 3 aromatic rings. The predicted molar refractivity (Wildman–Crippen MR) is 95.5 cm³/mol. The molecule has 0 fully saturated rings. The van der Waals surface area contributed by atoms with E-state index in [1.165, 1.54) is 22.5 Å². The molecule has 0 aliphatic carbocycles. The van der Waals surface area contributed by atoms with Crippen LogP contribution in [0, 0.1) is 5.21 Å². The van der Waals surface area contributed by atoms with Crippen molar-refractivity contribution >= 4 is 22.9 Å². The molecule has 0 amide bonds. The van der Waals surface area contributed by atoms with E-state index >= 15 is 0 Å². The van der Waals surface area contributed by atoms with Crippen LogP contribution < -0.4 is 16.0 Å². The molecule has 0 saturated heterocycles. The fourth-order valence-corrected chi connectivity index (χ4v) is 3.51. The number of rotatable bonds is 6. The smallest absolute Gasteiger partial charge is 0.330 e. The van der Waals surface area contributed by atoms with Crippen molar-refractivity contribution in [1.82, 2.24) is 19.1 Å². The monoisotopic (exact) mass is 361 g/mol. The van der Waals surface area contributed by atoms with Gasteiger partial charge in [0.2, 0.25) is 0 Å². The number of unbranched alkanes of at least 4 members (excludes halogenated alkanes) is 1. The molecule has 1 N–H and O–H groups in total. The van der Waals surface area contributed by atoms with Crippen molar-refractivity contribution in [2.75, 3.05) is 0 Å². The van der Waals surface area contributed by atoms with Crippen molar-refractivity contribution in [2.45, 2.75) is 37.1 Å². The fourth-order valence-electron chi connectivity index (χ4n) is 2.61. The number of hydrogen-bond donors (Lipinski definition) is 1. The Morgan fingerprint density at radius 2 is 2.16 bits per heavy atom. The van der Waals surface area contributed by atoms with Gasteiger partial charge < -0.3 is 9.77 Å². The molecule has 3 aromatic heterocycles. The summed E-state index contributed by atoms with van der Waals surface area (Å²) >= 11 is 1.33. The quantitative estimate of drug-likeness (QED) is 0.403. The van der Waals surface area contributed by atoms with E-state index in [1.807, 2.05) is 6.92 Å². The number of aryl methyl sites for hydroxylation is 2. The summed E-state index contributed by atoms with van der Waals surface area (Å²) in [6.45, 7) is 2.54. The van der Waals surface area contributed by atoms with Gasteiger partial charge in [0, 0.05) is 25.7 Å². The van der Waals surface area contributed by atoms with E-state index in [4.69, 9.17) is 0 Å². The van der Waals surface area contributed by atoms with Crippen LogP contribution >= 0.6 is 11.8 Å². The lowest BCUT2D eigenvalue weighted by molar-refractivity contribution is -0.645. The number of imidazole rings is 1. The maximum absolute atomic E-state index is 12.2. The summed E-state index contributed by atoms with van der Waals surface area (Å²) in [5.74, 6) is 1.05. The summed E-state index contributed by atoms with van der Waals surface area (Å²) in [6, 6.07) is 5.18. The second-order valence-electron chi connectivity index (χ2n) is 5.68. The van der Waals surface area contributed by atoms with Crippen molar-refractivity contribution in [2.24, 2.45) is 7.05 Å². The normalized spacial score (nSPS) is 11.3. The Kier molecular flexibility index (Phi) is 4.93. The van der Waals surface area contributed by atoms with Crippen LogP contribution in [0.5, 0.6) is 0 Å². The lowest BCUT2D eigenvalue weighted by Gasteiger charge is -2.04. The molecule has 9 heteroatoms. The van der Waals surface area contributed by atoms with Gasteiger partial charge in [-0.15, -0.1) is 0 Å². The third kappa shape index (κ3) is 3.32. The maximum Gasteiger partial charge on any atom is 0.330 e. The standard InChI is InChI=1S/C16H19N5O3S/c1-3-4-8-20-14-13(15(22)18-16(20)23)19(2)11(17-14)10-25-12-7-5-6-9-21(12)24/h5-7,9H,3-4,8,10H2,1-2H3,(H,18,22,23). The zero-order chi connectivity index (χ0) is 18.0. The van der Waals surface area contributed by atoms with Crippen LogP contribution in [0.15, 0.2) is 39.0 Å². The highest BCUT2D eigenvalue weighted by atomic mass is 32.2. The first-order valence-corrected chi connectivity index (χ1v) is 9.01. The molecule has 3 heterocycles. The first-order chi connectivity index (χ1) is 12.0. The van der Waals surface area contributed by atoms with Gasteiger partial charge in [-0.2, -0.15) is 4.73 Å². The Morgan fingerprint density at radius 1 is 1.36 bits per heavy atom. The van der Waals surface area contributed by atoms with Gasteiger partial charge in [0.25, 0.3) is 10.6 Å². The third-order valence-corrected chi connectivity index (χ3v) is 4.99. The molecular formula is C16H19N5O3S. The number of nitrogens with zero attached hydrogens (tertiary/aromatic N) is 4. The number of H-pyrrole nitrogens is 1. The number of pyridine rings is 1. The summed E-state index contributed by atoms with van der Waals surface area (Å²) in [6.07, 6.45) is 3.19. The number of nitrogens with one attached hydrogen (secondary N) is 1. The van der Waals surface area contributed by atoms with E-state index in [-0.39, 0.29) is 0 Å². The maximum atomic E-state index is 12.2. The fraction of sp³-hybridized carbons (Fsp3) is 0.375. The average molecular weight is 361 g/mol. The number of aromatic amines is 1. The minimum Gasteiger partial charge on any atom is -0.618 e. The van der Waals surface area contributed by atoms with E-state index in [2.05, 4.69) is 9.97 Å². The van der Waals surface area contributed by atoms with E-state index in [0.29, 0.717) is 34.3 Å². The Morgan fingerprint density at radius 3 is 2.88 bits per heavy atom. The lowest BCUT2D eigenvalue weighted by atomic mass is 10.3. The first kappa shape index (κ1) is 17.3. The van der Waals surface area contributed by atoms with Crippen LogP contribution in [0.4, 0.5) is 0 Å². The molecular weight excluding hydrogens is 342 g/mol. The number of fused-ring (bicyclic) bond motifs is 1. The van der Waals surface area contributed by atoms with E-state index < -0.39 is 11.2 Å². The van der Waals surface area contributed by atoms with Gasteiger partial charge in [0.1, 0.15) is 5.82 Å². The molecule has 0 atom stereocenters. The summed E-state index contributed by atoms with van der Waals surface area (Å²) in [4.78, 5) is 31.2. The van der Waals surface area contributed by atoms with Crippen LogP contribution in [0.1, 0.15) is 25.6 Å². The Hall–Kier alpha value is -2.55. The van der Waals surface area contributed by atoms with Gasteiger partial charge in [-0.05, 0) is 24.2 Å². The zero-order valence-corrected chi connectivity index (χ0v) is 14.9. The highest BCUT2D eigenvalue weighted by Gasteiger charge is 2.17. The number of thioether (sulfide) groups is 1. The van der Waals surface area contributed by atoms with Crippen LogP contribution in [0.2, 0.25) is 0 Å². The van der Waals surface area contributed by atoms with Crippen LogP contribution in [-0.2, 0) is 19.3 Å². The van der Waals surface area contributed by atoms with Crippen molar-refractivity contribution in [3.8, 4) is 0 Å². The molecule has 0 radical (unpaired) electrons. The van der Waals surface area contributed by atoms with Gasteiger partial charge >= 0.3 is 5.69 Å². The van der Waals surface area contributed by atoms with Crippen molar-refractivity contribution < 1.29 is 4.73 Å². The molecule has 25 heavy (non-hydrogen) atoms. The van der Waals surface area contributed by atoms with Gasteiger partial charge in [0.15, 0.2) is 17.4 Å². The van der Waals surface area contributed by atoms with Crippen molar-refractivity contribution in [3.05, 3.63) is 56.3 Å². The highest BCUT2D eigenvalue weighted by molar-refractivity contribution is 7.98. The largest absolute Gasteiger partial charge is 0.618 e. The molecule has 0 bridgehead atoms. The molecule has 132 valence electrons. The topological polar surface area (TPSA) is 99.6 Å². The summed E-state index contributed by atoms with van der Waals surface area (Å²) < 4.78 is 3.98. The summed E-state index contributed by atoms with van der Waals surface area (Å²) in [7, 11) is 1.74. The van der Waals surface area contributed by atoms with Crippen LogP contribution in [0.3, 0.4) is 0 Å². The molecule has 3 rings (SSSR count). The van der Waals surface area contributed by atoms with Crippen molar-refractivity contribution in [1.29, 1.82) is 0 Å².